The van der Waals surface area contributed by atoms with E-state index in [9.17, 15) is 0 Å². The minimum atomic E-state index is 0.942. The Morgan fingerprint density at radius 2 is 1.89 bits per heavy atom. The van der Waals surface area contributed by atoms with E-state index in [1.165, 1.54) is 31.4 Å². The molecule has 0 aromatic heterocycles. The second-order valence-electron chi connectivity index (χ2n) is 2.13. The van der Waals surface area contributed by atoms with Crippen molar-refractivity contribution in [2.75, 3.05) is 12.4 Å². The molecule has 1 aliphatic rings. The molecule has 0 spiro atoms. The van der Waals surface area contributed by atoms with E-state index in [1.807, 2.05) is 10.8 Å². The normalized spacial score (nSPS) is 24.0. The first-order valence-corrected chi connectivity index (χ1v) is 5.65. The SMILES string of the molecule is C1CCCSSOCC1. The highest BCUT2D eigenvalue weighted by Crippen LogP contribution is 2.25. The summed E-state index contributed by atoms with van der Waals surface area (Å²) < 4.78 is 5.23. The van der Waals surface area contributed by atoms with Gasteiger partial charge in [0.1, 0.15) is 0 Å². The summed E-state index contributed by atoms with van der Waals surface area (Å²) in [6, 6.07) is 0. The van der Waals surface area contributed by atoms with E-state index < -0.39 is 0 Å². The van der Waals surface area contributed by atoms with Gasteiger partial charge in [-0.2, -0.15) is 0 Å². The fraction of sp³-hybridized carbons (Fsp3) is 1.00. The van der Waals surface area contributed by atoms with E-state index in [-0.39, 0.29) is 0 Å². The lowest BCUT2D eigenvalue weighted by molar-refractivity contribution is 0.362. The molecule has 3 heteroatoms. The van der Waals surface area contributed by atoms with Gasteiger partial charge in [0.15, 0.2) is 0 Å². The minimum absolute atomic E-state index is 0.942. The summed E-state index contributed by atoms with van der Waals surface area (Å²) >= 11 is 1.56. The minimum Gasteiger partial charge on any atom is -0.305 e. The first-order valence-electron chi connectivity index (χ1n) is 3.41. The largest absolute Gasteiger partial charge is 0.305 e. The molecule has 9 heavy (non-hydrogen) atoms. The van der Waals surface area contributed by atoms with Crippen molar-refractivity contribution < 1.29 is 4.18 Å². The van der Waals surface area contributed by atoms with Crippen LogP contribution in [-0.4, -0.2) is 12.4 Å². The topological polar surface area (TPSA) is 9.23 Å². The second-order valence-corrected chi connectivity index (χ2v) is 4.26. The van der Waals surface area contributed by atoms with E-state index >= 15 is 0 Å². The zero-order valence-corrected chi connectivity index (χ0v) is 7.10. The van der Waals surface area contributed by atoms with Crippen LogP contribution < -0.4 is 0 Å². The molecule has 0 atom stereocenters. The second kappa shape index (κ2) is 5.45. The van der Waals surface area contributed by atoms with Crippen molar-refractivity contribution in [3.63, 3.8) is 0 Å². The van der Waals surface area contributed by atoms with Crippen LogP contribution >= 0.6 is 21.9 Å². The van der Waals surface area contributed by atoms with Gasteiger partial charge < -0.3 is 4.18 Å². The summed E-state index contributed by atoms with van der Waals surface area (Å²) in [5, 5.41) is 0. The van der Waals surface area contributed by atoms with Crippen molar-refractivity contribution >= 4 is 21.9 Å². The van der Waals surface area contributed by atoms with E-state index in [0.717, 1.165) is 6.61 Å². The van der Waals surface area contributed by atoms with Gasteiger partial charge in [0.05, 0.1) is 17.7 Å². The molecular weight excluding hydrogens is 152 g/mol. The first-order chi connectivity index (χ1) is 4.50. The highest BCUT2D eigenvalue weighted by molar-refractivity contribution is 8.74. The molecular formula is C6H12OS2. The predicted molar refractivity (Wildman–Crippen MR) is 44.5 cm³/mol. The van der Waals surface area contributed by atoms with Crippen LogP contribution in [0.4, 0.5) is 0 Å². The van der Waals surface area contributed by atoms with Crippen LogP contribution in [0.1, 0.15) is 25.7 Å². The highest BCUT2D eigenvalue weighted by Gasteiger charge is 1.96. The molecule has 1 nitrogen and oxygen atoms in total. The van der Waals surface area contributed by atoms with Crippen LogP contribution in [0.15, 0.2) is 0 Å². The average molecular weight is 164 g/mol. The summed E-state index contributed by atoms with van der Waals surface area (Å²) in [5.41, 5.74) is 0. The molecule has 0 unspecified atom stereocenters. The quantitative estimate of drug-likeness (QED) is 0.402. The maximum Gasteiger partial charge on any atom is 0.0624 e. The van der Waals surface area contributed by atoms with Crippen LogP contribution in [-0.2, 0) is 4.18 Å². The molecule has 0 aliphatic carbocycles. The number of rotatable bonds is 0. The summed E-state index contributed by atoms with van der Waals surface area (Å²) in [6.45, 7) is 0.942. The Morgan fingerprint density at radius 3 is 2.89 bits per heavy atom. The Labute approximate surface area is 64.5 Å². The number of hydrogen-bond acceptors (Lipinski definition) is 3. The molecule has 0 radical (unpaired) electrons. The van der Waals surface area contributed by atoms with Gasteiger partial charge in [-0.25, -0.2) is 0 Å². The fourth-order valence-electron chi connectivity index (χ4n) is 0.778. The molecule has 0 bridgehead atoms. The van der Waals surface area contributed by atoms with Gasteiger partial charge in [-0.3, -0.25) is 0 Å². The van der Waals surface area contributed by atoms with Gasteiger partial charge >= 0.3 is 0 Å². The highest BCUT2D eigenvalue weighted by atomic mass is 33.1. The molecule has 1 heterocycles. The van der Waals surface area contributed by atoms with Crippen molar-refractivity contribution in [2.45, 2.75) is 25.7 Å². The molecule has 0 amide bonds. The summed E-state index contributed by atoms with van der Waals surface area (Å²) in [4.78, 5) is 0. The van der Waals surface area contributed by atoms with Crippen molar-refractivity contribution in [2.24, 2.45) is 0 Å². The predicted octanol–water partition coefficient (Wildman–Crippen LogP) is 2.87. The lowest BCUT2D eigenvalue weighted by atomic mass is 10.2. The Bertz CT molecular complexity index is 39.5. The van der Waals surface area contributed by atoms with Gasteiger partial charge in [-0.15, -0.1) is 0 Å². The van der Waals surface area contributed by atoms with Crippen LogP contribution in [0.2, 0.25) is 0 Å². The lowest BCUT2D eigenvalue weighted by Gasteiger charge is -1.95. The molecule has 1 rings (SSSR count). The maximum absolute atomic E-state index is 5.23. The third kappa shape index (κ3) is 4.12. The van der Waals surface area contributed by atoms with Gasteiger partial charge in [0, 0.05) is 5.75 Å². The van der Waals surface area contributed by atoms with Crippen molar-refractivity contribution in [3.8, 4) is 0 Å². The third-order valence-electron chi connectivity index (χ3n) is 1.30. The van der Waals surface area contributed by atoms with Crippen LogP contribution in [0.25, 0.3) is 0 Å². The molecule has 0 saturated carbocycles. The van der Waals surface area contributed by atoms with Crippen molar-refractivity contribution in [1.29, 1.82) is 0 Å². The van der Waals surface area contributed by atoms with Crippen LogP contribution in [0, 0.1) is 0 Å². The average Bonchev–Trinajstić information content (AvgIpc) is 2.00. The monoisotopic (exact) mass is 164 g/mol. The van der Waals surface area contributed by atoms with Crippen LogP contribution in [0.5, 0.6) is 0 Å². The molecule has 0 aromatic carbocycles. The zero-order valence-electron chi connectivity index (χ0n) is 5.47. The van der Waals surface area contributed by atoms with Gasteiger partial charge in [-0.05, 0) is 12.8 Å². The van der Waals surface area contributed by atoms with Gasteiger partial charge in [-0.1, -0.05) is 23.6 Å². The Morgan fingerprint density at radius 1 is 1.00 bits per heavy atom. The van der Waals surface area contributed by atoms with E-state index in [4.69, 9.17) is 4.18 Å². The fourth-order valence-corrected chi connectivity index (χ4v) is 2.39. The zero-order chi connectivity index (χ0) is 6.36. The molecule has 1 saturated heterocycles. The molecule has 0 N–H and O–H groups in total. The third-order valence-corrected chi connectivity index (χ3v) is 3.19. The molecule has 1 fully saturated rings. The van der Waals surface area contributed by atoms with E-state index in [0.29, 0.717) is 0 Å². The van der Waals surface area contributed by atoms with E-state index in [2.05, 4.69) is 0 Å². The van der Waals surface area contributed by atoms with Crippen molar-refractivity contribution in [1.82, 2.24) is 0 Å². The number of hydrogen-bond donors (Lipinski definition) is 0. The Hall–Kier alpha value is 0.660. The molecule has 1 aliphatic heterocycles. The molecule has 0 aromatic rings. The Balaban J connectivity index is 2.02. The summed E-state index contributed by atoms with van der Waals surface area (Å²) in [7, 11) is 1.84. The summed E-state index contributed by atoms with van der Waals surface area (Å²) in [6.07, 6.45) is 5.34. The Kier molecular flexibility index (Phi) is 4.70. The smallest absolute Gasteiger partial charge is 0.0624 e. The van der Waals surface area contributed by atoms with Gasteiger partial charge in [0.2, 0.25) is 0 Å². The standard InChI is InChI=1S/C6H12OS2/c1-2-4-6-8-9-7-5-3-1/h1-6H2. The summed E-state index contributed by atoms with van der Waals surface area (Å²) in [5.74, 6) is 1.25. The van der Waals surface area contributed by atoms with Crippen LogP contribution in [0.3, 0.4) is 0 Å². The lowest BCUT2D eigenvalue weighted by Crippen LogP contribution is -1.83. The van der Waals surface area contributed by atoms with E-state index in [1.54, 1.807) is 11.1 Å². The molecule has 54 valence electrons. The van der Waals surface area contributed by atoms with Gasteiger partial charge in [0.25, 0.3) is 0 Å². The van der Waals surface area contributed by atoms with Crippen molar-refractivity contribution in [3.05, 3.63) is 0 Å². The maximum atomic E-state index is 5.23. The first kappa shape index (κ1) is 7.76.